The summed E-state index contributed by atoms with van der Waals surface area (Å²) in [5.41, 5.74) is 3.81. The normalized spacial score (nSPS) is 30.5. The first kappa shape index (κ1) is 26.7. The monoisotopic (exact) mass is 529 g/mol. The number of ketones is 2. The summed E-state index contributed by atoms with van der Waals surface area (Å²) in [5, 5.41) is 63.6. The zero-order valence-corrected chi connectivity index (χ0v) is 20.8. The van der Waals surface area contributed by atoms with E-state index in [-0.39, 0.29) is 60.1 Å². The summed E-state index contributed by atoms with van der Waals surface area (Å²) in [5.74, 6) is -2.59. The molecule has 1 heterocycles. The molecule has 1 aliphatic heterocycles. The highest BCUT2D eigenvalue weighted by Crippen LogP contribution is 2.52. The Bertz CT molecular complexity index is 1300. The van der Waals surface area contributed by atoms with E-state index in [0.717, 1.165) is 0 Å². The maximum absolute atomic E-state index is 13.6. The van der Waals surface area contributed by atoms with Crippen LogP contribution in [0.3, 0.4) is 0 Å². The number of phenols is 2. The van der Waals surface area contributed by atoms with E-state index in [9.17, 15) is 40.2 Å². The smallest absolute Gasteiger partial charge is 0.198 e. The lowest BCUT2D eigenvalue weighted by molar-refractivity contribution is -0.248. The molecular weight excluding hydrogens is 498 g/mol. The molecule has 2 aromatic carbocycles. The van der Waals surface area contributed by atoms with E-state index in [4.69, 9.17) is 15.2 Å². The summed E-state index contributed by atoms with van der Waals surface area (Å²) in [4.78, 5) is 27.1. The highest BCUT2D eigenvalue weighted by molar-refractivity contribution is 6.31. The zero-order valence-electron chi connectivity index (χ0n) is 20.8. The van der Waals surface area contributed by atoms with E-state index in [2.05, 4.69) is 0 Å². The first-order valence-electron chi connectivity index (χ1n) is 12.5. The molecule has 2 aliphatic carbocycles. The quantitative estimate of drug-likeness (QED) is 0.224. The number of carbonyl (C=O) groups excluding carboxylic acids is 2. The molecule has 0 radical (unpaired) electrons. The maximum Gasteiger partial charge on any atom is 0.198 e. The number of aliphatic hydroxyl groups is 4. The first-order chi connectivity index (χ1) is 18.0. The molecule has 0 aromatic heterocycles. The van der Waals surface area contributed by atoms with Gasteiger partial charge in [-0.25, -0.2) is 0 Å². The van der Waals surface area contributed by atoms with Gasteiger partial charge in [0, 0.05) is 54.2 Å². The number of aromatic hydroxyl groups is 2. The van der Waals surface area contributed by atoms with Crippen molar-refractivity contribution in [3.63, 3.8) is 0 Å². The fourth-order valence-corrected chi connectivity index (χ4v) is 5.93. The van der Waals surface area contributed by atoms with Gasteiger partial charge in [0.15, 0.2) is 17.9 Å². The molecule has 5 rings (SSSR count). The average Bonchev–Trinajstić information content (AvgIpc) is 2.87. The molecule has 0 bridgehead atoms. The largest absolute Gasteiger partial charge is 0.507 e. The van der Waals surface area contributed by atoms with E-state index in [1.807, 2.05) is 0 Å². The van der Waals surface area contributed by atoms with Crippen LogP contribution in [0.1, 0.15) is 80.8 Å². The van der Waals surface area contributed by atoms with Crippen molar-refractivity contribution in [3.8, 4) is 11.5 Å². The third-order valence-corrected chi connectivity index (χ3v) is 7.87. The molecule has 0 spiro atoms. The van der Waals surface area contributed by atoms with Crippen LogP contribution in [0.15, 0.2) is 18.2 Å². The van der Waals surface area contributed by atoms with Gasteiger partial charge in [0.05, 0.1) is 41.6 Å². The second-order valence-corrected chi connectivity index (χ2v) is 10.4. The molecule has 0 saturated carbocycles. The van der Waals surface area contributed by atoms with E-state index >= 15 is 0 Å². The summed E-state index contributed by atoms with van der Waals surface area (Å²) >= 11 is 0. The molecule has 3 aliphatic rings. The number of rotatable bonds is 5. The standard InChI is InChI=1S/C27H31NO10/c1-11-22(31)15(28)7-17(37-11)38-16-9-27(36,5-6-29)8-14-19(16)26(35)21-20(24(14)33)23(32)13-4-2-3-12(10-30)18(13)25(21)34/h2-4,11,15-17,22,29-31,33,35-36H,5-10,28H2,1H3/t11?,15?,16-,17-,22+,27-/m0/s1. The van der Waals surface area contributed by atoms with Crippen molar-refractivity contribution in [3.05, 3.63) is 57.1 Å². The minimum atomic E-state index is -1.57. The molecule has 11 nitrogen and oxygen atoms in total. The van der Waals surface area contributed by atoms with Gasteiger partial charge in [0.2, 0.25) is 0 Å². The average molecular weight is 530 g/mol. The number of aliphatic hydroxyl groups excluding tert-OH is 3. The van der Waals surface area contributed by atoms with Gasteiger partial charge in [-0.15, -0.1) is 0 Å². The van der Waals surface area contributed by atoms with Crippen LogP contribution in [0.5, 0.6) is 11.5 Å². The fraction of sp³-hybridized carbons (Fsp3) is 0.481. The van der Waals surface area contributed by atoms with Crippen molar-refractivity contribution in [2.45, 2.75) is 75.5 Å². The lowest BCUT2D eigenvalue weighted by Crippen LogP contribution is -2.52. The molecule has 2 aromatic rings. The molecule has 1 fully saturated rings. The number of carbonyl (C=O) groups is 2. The zero-order chi connectivity index (χ0) is 27.5. The van der Waals surface area contributed by atoms with Gasteiger partial charge in [-0.3, -0.25) is 9.59 Å². The van der Waals surface area contributed by atoms with Crippen LogP contribution in [-0.4, -0.2) is 79.0 Å². The Morgan fingerprint density at radius 1 is 1.11 bits per heavy atom. The minimum Gasteiger partial charge on any atom is -0.507 e. The van der Waals surface area contributed by atoms with Crippen LogP contribution in [-0.2, 0) is 22.5 Å². The minimum absolute atomic E-state index is 0.0181. The third kappa shape index (κ3) is 4.11. The topological polar surface area (TPSA) is 200 Å². The summed E-state index contributed by atoms with van der Waals surface area (Å²) in [6.07, 6.45) is -4.00. The van der Waals surface area contributed by atoms with Crippen LogP contribution < -0.4 is 5.73 Å². The van der Waals surface area contributed by atoms with E-state index in [0.29, 0.717) is 0 Å². The SMILES string of the molecule is CC1O[C@@H](O[C@H]2C[C@](O)(CCO)Cc3c(O)c4c(c(O)c32)C(=O)c2c(CO)cccc2C4=O)CC(N)[C@@H]1O. The molecule has 6 atom stereocenters. The second-order valence-electron chi connectivity index (χ2n) is 10.4. The number of nitrogens with two attached hydrogens (primary N) is 1. The van der Waals surface area contributed by atoms with Crippen LogP contribution in [0.25, 0.3) is 0 Å². The van der Waals surface area contributed by atoms with Crippen LogP contribution in [0, 0.1) is 0 Å². The Morgan fingerprint density at radius 2 is 1.82 bits per heavy atom. The Hall–Kier alpha value is -2.90. The first-order valence-corrected chi connectivity index (χ1v) is 12.5. The van der Waals surface area contributed by atoms with Gasteiger partial charge < -0.3 is 45.8 Å². The fourth-order valence-electron chi connectivity index (χ4n) is 5.93. The number of fused-ring (bicyclic) bond motifs is 3. The Kier molecular flexibility index (Phi) is 6.81. The van der Waals surface area contributed by atoms with Crippen molar-refractivity contribution in [2.75, 3.05) is 6.61 Å². The maximum atomic E-state index is 13.6. The molecule has 11 heteroatoms. The van der Waals surface area contributed by atoms with Crippen molar-refractivity contribution >= 4 is 11.6 Å². The molecule has 2 unspecified atom stereocenters. The van der Waals surface area contributed by atoms with E-state index in [1.54, 1.807) is 6.92 Å². The summed E-state index contributed by atoms with van der Waals surface area (Å²) in [6.45, 7) is 0.731. The Morgan fingerprint density at radius 3 is 2.47 bits per heavy atom. The predicted molar refractivity (Wildman–Crippen MR) is 131 cm³/mol. The Labute approximate surface area is 218 Å². The van der Waals surface area contributed by atoms with Gasteiger partial charge >= 0.3 is 0 Å². The number of phenolic OH excluding ortho intramolecular Hbond substituents is 2. The molecule has 8 N–H and O–H groups in total. The predicted octanol–water partition coefficient (Wildman–Crippen LogP) is 0.306. The molecule has 204 valence electrons. The lowest BCUT2D eigenvalue weighted by Gasteiger charge is -2.42. The molecular formula is C27H31NO10. The molecule has 0 amide bonds. The molecule has 38 heavy (non-hydrogen) atoms. The number of ether oxygens (including phenoxy) is 2. The van der Waals surface area contributed by atoms with Crippen molar-refractivity contribution in [1.82, 2.24) is 0 Å². The van der Waals surface area contributed by atoms with E-state index < -0.39 is 77.0 Å². The van der Waals surface area contributed by atoms with Gasteiger partial charge in [-0.2, -0.15) is 0 Å². The number of hydrogen-bond donors (Lipinski definition) is 7. The van der Waals surface area contributed by atoms with Gasteiger partial charge in [0.1, 0.15) is 11.5 Å². The van der Waals surface area contributed by atoms with Gasteiger partial charge in [-0.05, 0) is 18.9 Å². The second kappa shape index (κ2) is 9.69. The summed E-state index contributed by atoms with van der Waals surface area (Å²) in [6, 6.07) is 3.74. The third-order valence-electron chi connectivity index (χ3n) is 7.87. The highest BCUT2D eigenvalue weighted by atomic mass is 16.7. The van der Waals surface area contributed by atoms with Crippen molar-refractivity contribution in [1.29, 1.82) is 0 Å². The van der Waals surface area contributed by atoms with Gasteiger partial charge in [-0.1, -0.05) is 18.2 Å². The van der Waals surface area contributed by atoms with Crippen LogP contribution >= 0.6 is 0 Å². The summed E-state index contributed by atoms with van der Waals surface area (Å²) in [7, 11) is 0. The van der Waals surface area contributed by atoms with Crippen LogP contribution in [0.2, 0.25) is 0 Å². The van der Waals surface area contributed by atoms with Crippen LogP contribution in [0.4, 0.5) is 0 Å². The highest BCUT2D eigenvalue weighted by Gasteiger charge is 2.47. The van der Waals surface area contributed by atoms with Gasteiger partial charge in [0.25, 0.3) is 0 Å². The van der Waals surface area contributed by atoms with Crippen molar-refractivity contribution < 1.29 is 49.7 Å². The number of hydrogen-bond acceptors (Lipinski definition) is 11. The van der Waals surface area contributed by atoms with Crippen molar-refractivity contribution in [2.24, 2.45) is 5.73 Å². The molecule has 1 saturated heterocycles. The van der Waals surface area contributed by atoms with E-state index in [1.165, 1.54) is 18.2 Å². The number of benzene rings is 2. The summed E-state index contributed by atoms with van der Waals surface area (Å²) < 4.78 is 11.9. The lowest BCUT2D eigenvalue weighted by atomic mass is 9.72. The Balaban J connectivity index is 1.66.